The molecule has 0 radical (unpaired) electrons. The van der Waals surface area contributed by atoms with E-state index in [1.54, 1.807) is 10.9 Å². The Kier molecular flexibility index (Phi) is 3.72. The van der Waals surface area contributed by atoms with Gasteiger partial charge in [-0.2, -0.15) is 0 Å². The molecule has 9 heteroatoms. The summed E-state index contributed by atoms with van der Waals surface area (Å²) >= 11 is 0. The second kappa shape index (κ2) is 5.45. The summed E-state index contributed by atoms with van der Waals surface area (Å²) < 4.78 is 6.13. The minimum atomic E-state index is -0.868. The van der Waals surface area contributed by atoms with E-state index in [4.69, 9.17) is 5.73 Å². The van der Waals surface area contributed by atoms with Gasteiger partial charge in [0.25, 0.3) is 5.91 Å². The highest BCUT2D eigenvalue weighted by atomic mass is 16.5. The molecule has 0 unspecified atom stereocenters. The van der Waals surface area contributed by atoms with Crippen LogP contribution in [0.25, 0.3) is 0 Å². The van der Waals surface area contributed by atoms with Gasteiger partial charge >= 0.3 is 6.09 Å². The van der Waals surface area contributed by atoms with Crippen LogP contribution in [0.5, 0.6) is 0 Å². The van der Waals surface area contributed by atoms with E-state index in [-0.39, 0.29) is 30.8 Å². The molecule has 9 nitrogen and oxygen atoms in total. The van der Waals surface area contributed by atoms with E-state index in [1.165, 1.54) is 0 Å². The summed E-state index contributed by atoms with van der Waals surface area (Å²) in [4.78, 5) is 21.9. The number of amides is 2. The SMILES string of the molecule is NC(=O)OCCNC(=O)c1cn(C2CNC2)nn1. The molecular formula is C9H14N6O3. The molecule has 1 aromatic heterocycles. The van der Waals surface area contributed by atoms with Gasteiger partial charge in [0, 0.05) is 13.1 Å². The first-order chi connectivity index (χ1) is 8.66. The molecule has 18 heavy (non-hydrogen) atoms. The van der Waals surface area contributed by atoms with Crippen molar-refractivity contribution in [2.75, 3.05) is 26.2 Å². The molecule has 0 spiro atoms. The second-order valence-corrected chi connectivity index (χ2v) is 3.82. The molecule has 2 rings (SSSR count). The average molecular weight is 254 g/mol. The van der Waals surface area contributed by atoms with Crippen LogP contribution in [-0.2, 0) is 4.74 Å². The van der Waals surface area contributed by atoms with E-state index >= 15 is 0 Å². The Morgan fingerprint density at radius 1 is 1.61 bits per heavy atom. The number of carbonyl (C=O) groups is 2. The molecule has 0 atom stereocenters. The number of primary amides is 1. The van der Waals surface area contributed by atoms with E-state index in [0.717, 1.165) is 13.1 Å². The van der Waals surface area contributed by atoms with Crippen molar-refractivity contribution in [1.82, 2.24) is 25.6 Å². The van der Waals surface area contributed by atoms with Gasteiger partial charge in [-0.05, 0) is 0 Å². The second-order valence-electron chi connectivity index (χ2n) is 3.82. The number of rotatable bonds is 5. The highest BCUT2D eigenvalue weighted by Crippen LogP contribution is 2.09. The Bertz CT molecular complexity index is 441. The van der Waals surface area contributed by atoms with Crippen LogP contribution in [0.2, 0.25) is 0 Å². The normalized spacial score (nSPS) is 14.9. The highest BCUT2D eigenvalue weighted by Gasteiger charge is 2.21. The summed E-state index contributed by atoms with van der Waals surface area (Å²) in [6.45, 7) is 1.87. The van der Waals surface area contributed by atoms with E-state index < -0.39 is 6.09 Å². The fraction of sp³-hybridized carbons (Fsp3) is 0.556. The lowest BCUT2D eigenvalue weighted by atomic mass is 10.2. The smallest absolute Gasteiger partial charge is 0.404 e. The van der Waals surface area contributed by atoms with Crippen LogP contribution in [0.15, 0.2) is 6.20 Å². The zero-order valence-electron chi connectivity index (χ0n) is 9.63. The fourth-order valence-corrected chi connectivity index (χ4v) is 1.43. The van der Waals surface area contributed by atoms with Crippen LogP contribution in [0.4, 0.5) is 4.79 Å². The lowest BCUT2D eigenvalue weighted by Crippen LogP contribution is -2.43. The molecule has 0 saturated carbocycles. The number of nitrogens with one attached hydrogen (secondary N) is 2. The Labute approximate surface area is 103 Å². The van der Waals surface area contributed by atoms with Crippen molar-refractivity contribution in [2.24, 2.45) is 5.73 Å². The summed E-state index contributed by atoms with van der Waals surface area (Å²) in [6.07, 6.45) is 0.725. The maximum Gasteiger partial charge on any atom is 0.404 e. The van der Waals surface area contributed by atoms with Crippen molar-refractivity contribution in [2.45, 2.75) is 6.04 Å². The minimum Gasteiger partial charge on any atom is -0.448 e. The number of hydrogen-bond donors (Lipinski definition) is 3. The predicted molar refractivity (Wildman–Crippen MR) is 59.8 cm³/mol. The van der Waals surface area contributed by atoms with Gasteiger partial charge in [0.1, 0.15) is 6.61 Å². The largest absolute Gasteiger partial charge is 0.448 e. The van der Waals surface area contributed by atoms with E-state index in [1.807, 2.05) is 0 Å². The summed E-state index contributed by atoms with van der Waals surface area (Å²) in [5, 5.41) is 13.3. The van der Waals surface area contributed by atoms with Gasteiger partial charge in [0.05, 0.1) is 18.8 Å². The summed E-state index contributed by atoms with van der Waals surface area (Å²) in [6, 6.07) is 0.261. The van der Waals surface area contributed by atoms with Crippen molar-refractivity contribution in [3.8, 4) is 0 Å². The Morgan fingerprint density at radius 2 is 2.39 bits per heavy atom. The predicted octanol–water partition coefficient (Wildman–Crippen LogP) is -1.75. The lowest BCUT2D eigenvalue weighted by molar-refractivity contribution is 0.0932. The quantitative estimate of drug-likeness (QED) is 0.535. The Morgan fingerprint density at radius 3 is 3.00 bits per heavy atom. The fourth-order valence-electron chi connectivity index (χ4n) is 1.43. The summed E-state index contributed by atoms with van der Waals surface area (Å²) in [5.74, 6) is -0.360. The third-order valence-corrected chi connectivity index (χ3v) is 2.51. The molecular weight excluding hydrogens is 240 g/mol. The van der Waals surface area contributed by atoms with Crippen LogP contribution in [0.3, 0.4) is 0 Å². The third kappa shape index (κ3) is 2.94. The molecule has 0 aromatic carbocycles. The van der Waals surface area contributed by atoms with Gasteiger partial charge in [-0.15, -0.1) is 5.10 Å². The van der Waals surface area contributed by atoms with Gasteiger partial charge in [0.15, 0.2) is 5.69 Å². The van der Waals surface area contributed by atoms with E-state index in [0.29, 0.717) is 0 Å². The van der Waals surface area contributed by atoms with Gasteiger partial charge in [-0.25, -0.2) is 9.48 Å². The van der Waals surface area contributed by atoms with Crippen molar-refractivity contribution < 1.29 is 14.3 Å². The van der Waals surface area contributed by atoms with Crippen molar-refractivity contribution in [3.63, 3.8) is 0 Å². The minimum absolute atomic E-state index is 0.0295. The third-order valence-electron chi connectivity index (χ3n) is 2.51. The standard InChI is InChI=1S/C9H14N6O3/c10-9(17)18-2-1-12-8(16)7-5-15(14-13-7)6-3-11-4-6/h5-6,11H,1-4H2,(H2,10,17)(H,12,16). The Hall–Kier alpha value is -2.16. The number of aromatic nitrogens is 3. The number of ether oxygens (including phenoxy) is 1. The molecule has 4 N–H and O–H groups in total. The first-order valence-electron chi connectivity index (χ1n) is 5.50. The maximum absolute atomic E-state index is 11.6. The van der Waals surface area contributed by atoms with Gasteiger partial charge < -0.3 is 21.1 Å². The first-order valence-corrected chi connectivity index (χ1v) is 5.50. The molecule has 98 valence electrons. The molecule has 1 saturated heterocycles. The number of nitrogens with two attached hydrogens (primary N) is 1. The number of hydrogen-bond acceptors (Lipinski definition) is 6. The van der Waals surface area contributed by atoms with Crippen LogP contribution in [0, 0.1) is 0 Å². The molecule has 1 aliphatic heterocycles. The van der Waals surface area contributed by atoms with Crippen LogP contribution < -0.4 is 16.4 Å². The molecule has 0 aliphatic carbocycles. The monoisotopic (exact) mass is 254 g/mol. The number of carbonyl (C=O) groups excluding carboxylic acids is 2. The van der Waals surface area contributed by atoms with Crippen molar-refractivity contribution >= 4 is 12.0 Å². The molecule has 2 amide bonds. The zero-order chi connectivity index (χ0) is 13.0. The topological polar surface area (TPSA) is 124 Å². The summed E-state index contributed by atoms with van der Waals surface area (Å²) in [5.41, 5.74) is 5.01. The zero-order valence-corrected chi connectivity index (χ0v) is 9.63. The molecule has 2 heterocycles. The Balaban J connectivity index is 1.77. The maximum atomic E-state index is 11.6. The average Bonchev–Trinajstić information content (AvgIpc) is 2.70. The molecule has 1 aliphatic rings. The molecule has 1 fully saturated rings. The van der Waals surface area contributed by atoms with Gasteiger partial charge in [-0.1, -0.05) is 5.21 Å². The van der Waals surface area contributed by atoms with E-state index in [2.05, 4.69) is 25.7 Å². The van der Waals surface area contributed by atoms with E-state index in [9.17, 15) is 9.59 Å². The summed E-state index contributed by atoms with van der Waals surface area (Å²) in [7, 11) is 0. The van der Waals surface area contributed by atoms with Gasteiger partial charge in [0.2, 0.25) is 0 Å². The van der Waals surface area contributed by atoms with Crippen LogP contribution in [0.1, 0.15) is 16.5 Å². The highest BCUT2D eigenvalue weighted by molar-refractivity contribution is 5.91. The van der Waals surface area contributed by atoms with Crippen molar-refractivity contribution in [3.05, 3.63) is 11.9 Å². The lowest BCUT2D eigenvalue weighted by Gasteiger charge is -2.26. The van der Waals surface area contributed by atoms with Crippen molar-refractivity contribution in [1.29, 1.82) is 0 Å². The van der Waals surface area contributed by atoms with Gasteiger partial charge in [-0.3, -0.25) is 4.79 Å². The first kappa shape index (κ1) is 12.3. The molecule has 1 aromatic rings. The number of nitrogens with zero attached hydrogens (tertiary/aromatic N) is 3. The van der Waals surface area contributed by atoms with Crippen LogP contribution >= 0.6 is 0 Å². The van der Waals surface area contributed by atoms with Crippen LogP contribution in [-0.4, -0.2) is 53.2 Å². The molecule has 0 bridgehead atoms.